The van der Waals surface area contributed by atoms with Crippen molar-refractivity contribution in [1.29, 1.82) is 0 Å². The Bertz CT molecular complexity index is 1190. The summed E-state index contributed by atoms with van der Waals surface area (Å²) in [4.78, 5) is 9.74. The molecule has 2 heteroatoms. The summed E-state index contributed by atoms with van der Waals surface area (Å²) in [7, 11) is 0. The second kappa shape index (κ2) is 8.14. The number of aromatic nitrogens is 2. The second-order valence-corrected chi connectivity index (χ2v) is 7.14. The predicted molar refractivity (Wildman–Crippen MR) is 124 cm³/mol. The summed E-state index contributed by atoms with van der Waals surface area (Å²) in [5.74, 6) is 0.735. The van der Waals surface area contributed by atoms with Crippen molar-refractivity contribution in [3.8, 4) is 45.0 Å². The molecule has 0 unspecified atom stereocenters. The van der Waals surface area contributed by atoms with Crippen molar-refractivity contribution in [2.45, 2.75) is 0 Å². The molecule has 0 bridgehead atoms. The predicted octanol–water partition coefficient (Wildman–Crippen LogP) is 7.14. The number of benzene rings is 4. The minimum atomic E-state index is 0.735. The average Bonchev–Trinajstić information content (AvgIpc) is 2.85. The molecule has 0 aliphatic carbocycles. The molecule has 0 aliphatic heterocycles. The van der Waals surface area contributed by atoms with Crippen LogP contribution in [0, 0.1) is 0 Å². The first-order valence-electron chi connectivity index (χ1n) is 10.0. The number of hydrogen-bond donors (Lipinski definition) is 0. The Hall–Kier alpha value is -4.04. The van der Waals surface area contributed by atoms with Crippen molar-refractivity contribution >= 4 is 0 Å². The van der Waals surface area contributed by atoms with Crippen LogP contribution in [0.15, 0.2) is 121 Å². The molecular weight excluding hydrogens is 364 g/mol. The SMILES string of the molecule is c1ccc(-c2ccc(-c3cc(-c4ccccc4)nc(-c4ccccc4)n3)cc2)cc1. The van der Waals surface area contributed by atoms with Gasteiger partial charge in [0.2, 0.25) is 0 Å². The monoisotopic (exact) mass is 384 g/mol. The molecule has 5 rings (SSSR count). The minimum Gasteiger partial charge on any atom is -0.228 e. The van der Waals surface area contributed by atoms with Gasteiger partial charge in [-0.15, -0.1) is 0 Å². The lowest BCUT2D eigenvalue weighted by Crippen LogP contribution is -1.95. The molecule has 2 nitrogen and oxygen atoms in total. The van der Waals surface area contributed by atoms with Crippen LogP contribution in [0.4, 0.5) is 0 Å². The minimum absolute atomic E-state index is 0.735. The van der Waals surface area contributed by atoms with E-state index in [0.29, 0.717) is 0 Å². The maximum atomic E-state index is 4.89. The van der Waals surface area contributed by atoms with Crippen LogP contribution < -0.4 is 0 Å². The Kier molecular flexibility index (Phi) is 4.89. The highest BCUT2D eigenvalue weighted by Gasteiger charge is 2.10. The molecule has 0 saturated carbocycles. The molecule has 0 aliphatic rings. The van der Waals surface area contributed by atoms with E-state index >= 15 is 0 Å². The molecule has 4 aromatic carbocycles. The summed E-state index contributed by atoms with van der Waals surface area (Å²) >= 11 is 0. The van der Waals surface area contributed by atoms with Crippen LogP contribution in [0.3, 0.4) is 0 Å². The maximum absolute atomic E-state index is 4.89. The van der Waals surface area contributed by atoms with Crippen LogP contribution in [0.25, 0.3) is 45.0 Å². The maximum Gasteiger partial charge on any atom is 0.160 e. The van der Waals surface area contributed by atoms with Crippen molar-refractivity contribution in [1.82, 2.24) is 9.97 Å². The highest BCUT2D eigenvalue weighted by Crippen LogP contribution is 2.29. The molecule has 142 valence electrons. The zero-order valence-corrected chi connectivity index (χ0v) is 16.4. The Morgan fingerprint density at radius 3 is 1.23 bits per heavy atom. The number of nitrogens with zero attached hydrogens (tertiary/aromatic N) is 2. The van der Waals surface area contributed by atoms with Gasteiger partial charge in [0.1, 0.15) is 0 Å². The molecule has 0 amide bonds. The molecule has 30 heavy (non-hydrogen) atoms. The van der Waals surface area contributed by atoms with E-state index in [1.54, 1.807) is 0 Å². The van der Waals surface area contributed by atoms with Crippen LogP contribution in [0.5, 0.6) is 0 Å². The molecule has 0 saturated heterocycles. The van der Waals surface area contributed by atoms with E-state index in [4.69, 9.17) is 9.97 Å². The van der Waals surface area contributed by atoms with Crippen molar-refractivity contribution in [2.24, 2.45) is 0 Å². The van der Waals surface area contributed by atoms with Gasteiger partial charge < -0.3 is 0 Å². The van der Waals surface area contributed by atoms with E-state index in [9.17, 15) is 0 Å². The molecule has 1 heterocycles. The lowest BCUT2D eigenvalue weighted by Gasteiger charge is -2.10. The van der Waals surface area contributed by atoms with Gasteiger partial charge in [-0.05, 0) is 17.2 Å². The van der Waals surface area contributed by atoms with E-state index in [-0.39, 0.29) is 0 Å². The van der Waals surface area contributed by atoms with E-state index in [0.717, 1.165) is 33.9 Å². The van der Waals surface area contributed by atoms with Crippen molar-refractivity contribution < 1.29 is 0 Å². The fourth-order valence-electron chi connectivity index (χ4n) is 3.53. The number of rotatable bonds is 4. The largest absolute Gasteiger partial charge is 0.228 e. The summed E-state index contributed by atoms with van der Waals surface area (Å²) in [6.45, 7) is 0. The first-order chi connectivity index (χ1) is 14.9. The third kappa shape index (κ3) is 3.76. The van der Waals surface area contributed by atoms with Gasteiger partial charge >= 0.3 is 0 Å². The Labute approximate surface area is 176 Å². The van der Waals surface area contributed by atoms with Crippen LogP contribution in [-0.4, -0.2) is 9.97 Å². The fourth-order valence-corrected chi connectivity index (χ4v) is 3.53. The van der Waals surface area contributed by atoms with Crippen LogP contribution in [0.1, 0.15) is 0 Å². The van der Waals surface area contributed by atoms with Crippen LogP contribution in [0.2, 0.25) is 0 Å². The van der Waals surface area contributed by atoms with Crippen molar-refractivity contribution in [2.75, 3.05) is 0 Å². The average molecular weight is 384 g/mol. The van der Waals surface area contributed by atoms with Crippen molar-refractivity contribution in [3.63, 3.8) is 0 Å². The van der Waals surface area contributed by atoms with Gasteiger partial charge in [-0.2, -0.15) is 0 Å². The summed E-state index contributed by atoms with van der Waals surface area (Å²) in [5.41, 5.74) is 7.42. The summed E-state index contributed by atoms with van der Waals surface area (Å²) in [6, 6.07) is 41.4. The van der Waals surface area contributed by atoms with Crippen LogP contribution >= 0.6 is 0 Å². The molecule has 1 aromatic heterocycles. The fraction of sp³-hybridized carbons (Fsp3) is 0. The standard InChI is InChI=1S/C28H20N2/c1-4-10-21(11-5-1)22-16-18-24(19-17-22)27-20-26(23-12-6-2-7-13-23)29-28(30-27)25-14-8-3-9-15-25/h1-20H. The van der Waals surface area contributed by atoms with E-state index < -0.39 is 0 Å². The Morgan fingerprint density at radius 1 is 0.333 bits per heavy atom. The van der Waals surface area contributed by atoms with E-state index in [2.05, 4.69) is 66.7 Å². The van der Waals surface area contributed by atoms with Gasteiger partial charge in [0.15, 0.2) is 5.82 Å². The molecular formula is C28H20N2. The van der Waals surface area contributed by atoms with Gasteiger partial charge in [-0.25, -0.2) is 9.97 Å². The van der Waals surface area contributed by atoms with Crippen LogP contribution in [-0.2, 0) is 0 Å². The first-order valence-corrected chi connectivity index (χ1v) is 10.0. The summed E-state index contributed by atoms with van der Waals surface area (Å²) in [6.07, 6.45) is 0. The van der Waals surface area contributed by atoms with Gasteiger partial charge in [0.25, 0.3) is 0 Å². The smallest absolute Gasteiger partial charge is 0.160 e. The van der Waals surface area contributed by atoms with Crippen molar-refractivity contribution in [3.05, 3.63) is 121 Å². The zero-order chi connectivity index (χ0) is 20.2. The third-order valence-corrected chi connectivity index (χ3v) is 5.12. The molecule has 0 N–H and O–H groups in total. The normalized spacial score (nSPS) is 10.7. The second-order valence-electron chi connectivity index (χ2n) is 7.14. The first kappa shape index (κ1) is 18.0. The number of hydrogen-bond acceptors (Lipinski definition) is 2. The van der Waals surface area contributed by atoms with Gasteiger partial charge in [0, 0.05) is 16.7 Å². The molecule has 0 spiro atoms. The quantitative estimate of drug-likeness (QED) is 0.329. The summed E-state index contributed by atoms with van der Waals surface area (Å²) < 4.78 is 0. The lowest BCUT2D eigenvalue weighted by molar-refractivity contribution is 1.18. The lowest BCUT2D eigenvalue weighted by atomic mass is 10.0. The molecule has 5 aromatic rings. The van der Waals surface area contributed by atoms with Gasteiger partial charge in [0.05, 0.1) is 11.4 Å². The molecule has 0 atom stereocenters. The highest BCUT2D eigenvalue weighted by molar-refractivity contribution is 5.74. The summed E-state index contributed by atoms with van der Waals surface area (Å²) in [5, 5.41) is 0. The van der Waals surface area contributed by atoms with E-state index in [1.807, 2.05) is 54.6 Å². The Balaban J connectivity index is 1.60. The topological polar surface area (TPSA) is 25.8 Å². The third-order valence-electron chi connectivity index (χ3n) is 5.12. The van der Waals surface area contributed by atoms with Gasteiger partial charge in [-0.3, -0.25) is 0 Å². The Morgan fingerprint density at radius 2 is 0.700 bits per heavy atom. The van der Waals surface area contributed by atoms with Gasteiger partial charge in [-0.1, -0.05) is 115 Å². The van der Waals surface area contributed by atoms with E-state index in [1.165, 1.54) is 11.1 Å². The highest BCUT2D eigenvalue weighted by atomic mass is 14.9. The molecule has 0 radical (unpaired) electrons. The zero-order valence-electron chi connectivity index (χ0n) is 16.4. The molecule has 0 fully saturated rings.